The zero-order valence-corrected chi connectivity index (χ0v) is 14.2. The lowest BCUT2D eigenvalue weighted by Crippen LogP contribution is -2.33. The van der Waals surface area contributed by atoms with Gasteiger partial charge in [-0.2, -0.15) is 5.10 Å². The number of halogens is 2. The summed E-state index contributed by atoms with van der Waals surface area (Å²) >= 11 is 10.7. The second-order valence-corrected chi connectivity index (χ2v) is 7.02. The zero-order valence-electron chi connectivity index (χ0n) is 11.0. The summed E-state index contributed by atoms with van der Waals surface area (Å²) in [6, 6.07) is 10.7. The smallest absolute Gasteiger partial charge is 0.280 e. The number of nitrogens with one attached hydrogen (secondary N) is 1. The molecule has 0 aliphatic rings. The van der Waals surface area contributed by atoms with Crippen LogP contribution in [0.2, 0.25) is 5.02 Å². The summed E-state index contributed by atoms with van der Waals surface area (Å²) in [5, 5.41) is 4.45. The Kier molecular flexibility index (Phi) is 5.78. The number of thiophene rings is 1. The highest BCUT2D eigenvalue weighted by molar-refractivity contribution is 9.11. The van der Waals surface area contributed by atoms with Crippen molar-refractivity contribution in [3.8, 4) is 5.75 Å². The van der Waals surface area contributed by atoms with E-state index in [1.807, 2.05) is 12.1 Å². The molecule has 0 aliphatic heterocycles. The van der Waals surface area contributed by atoms with Crippen molar-refractivity contribution in [2.45, 2.75) is 13.0 Å². The Morgan fingerprint density at radius 2 is 2.29 bits per heavy atom. The van der Waals surface area contributed by atoms with E-state index in [0.717, 1.165) is 8.66 Å². The van der Waals surface area contributed by atoms with E-state index in [1.54, 1.807) is 37.4 Å². The van der Waals surface area contributed by atoms with Crippen molar-refractivity contribution >= 4 is 51.0 Å². The van der Waals surface area contributed by atoms with Gasteiger partial charge >= 0.3 is 0 Å². The summed E-state index contributed by atoms with van der Waals surface area (Å²) in [4.78, 5) is 12.8. The maximum absolute atomic E-state index is 11.8. The van der Waals surface area contributed by atoms with Crippen molar-refractivity contribution in [1.29, 1.82) is 0 Å². The first kappa shape index (κ1) is 16.0. The Balaban J connectivity index is 1.86. The van der Waals surface area contributed by atoms with Gasteiger partial charge in [0.05, 0.1) is 10.0 Å². The number of benzene rings is 1. The number of nitrogens with zero attached hydrogens (tertiary/aromatic N) is 1. The predicted octanol–water partition coefficient (Wildman–Crippen LogP) is 4.08. The summed E-state index contributed by atoms with van der Waals surface area (Å²) in [6.07, 6.45) is 0.912. The molecule has 2 aromatic rings. The first-order valence-electron chi connectivity index (χ1n) is 6.05. The van der Waals surface area contributed by atoms with Crippen LogP contribution in [0, 0.1) is 0 Å². The summed E-state index contributed by atoms with van der Waals surface area (Å²) in [5.74, 6) is 0.207. The highest BCUT2D eigenvalue weighted by Gasteiger charge is 2.13. The Morgan fingerprint density at radius 1 is 1.48 bits per heavy atom. The molecular weight excluding hydrogens is 376 g/mol. The van der Waals surface area contributed by atoms with Crippen LogP contribution in [0.15, 0.2) is 45.3 Å². The highest BCUT2D eigenvalue weighted by Crippen LogP contribution is 2.20. The van der Waals surface area contributed by atoms with Crippen LogP contribution in [0.5, 0.6) is 5.75 Å². The van der Waals surface area contributed by atoms with Gasteiger partial charge < -0.3 is 4.74 Å². The van der Waals surface area contributed by atoms with Crippen molar-refractivity contribution in [3.05, 3.63) is 50.1 Å². The van der Waals surface area contributed by atoms with Gasteiger partial charge in [0.15, 0.2) is 6.10 Å². The van der Waals surface area contributed by atoms with Gasteiger partial charge in [0, 0.05) is 9.90 Å². The largest absolute Gasteiger partial charge is 0.481 e. The van der Waals surface area contributed by atoms with Gasteiger partial charge in [-0.05, 0) is 53.2 Å². The lowest BCUT2D eigenvalue weighted by atomic mass is 10.3. The number of rotatable bonds is 5. The summed E-state index contributed by atoms with van der Waals surface area (Å²) in [7, 11) is 0. The highest BCUT2D eigenvalue weighted by atomic mass is 79.9. The first-order chi connectivity index (χ1) is 10.0. The molecule has 21 heavy (non-hydrogen) atoms. The van der Waals surface area contributed by atoms with Crippen LogP contribution in [0.4, 0.5) is 0 Å². The molecule has 1 aromatic carbocycles. The molecule has 1 amide bonds. The molecule has 0 spiro atoms. The van der Waals surface area contributed by atoms with Crippen molar-refractivity contribution in [2.24, 2.45) is 5.10 Å². The van der Waals surface area contributed by atoms with Gasteiger partial charge in [0.25, 0.3) is 5.91 Å². The number of amides is 1. The topological polar surface area (TPSA) is 50.7 Å². The molecule has 0 bridgehead atoms. The molecular formula is C14H12BrClN2O2S. The van der Waals surface area contributed by atoms with Gasteiger partial charge in [-0.3, -0.25) is 4.79 Å². The number of carbonyl (C=O) groups is 1. The fourth-order valence-corrected chi connectivity index (χ4v) is 2.92. The molecule has 2 rings (SSSR count). The van der Waals surface area contributed by atoms with Crippen LogP contribution in [0.25, 0.3) is 0 Å². The van der Waals surface area contributed by atoms with Gasteiger partial charge in [-0.15, -0.1) is 11.3 Å². The fourth-order valence-electron chi connectivity index (χ4n) is 1.45. The molecule has 1 atom stereocenters. The van der Waals surface area contributed by atoms with Gasteiger partial charge in [0.2, 0.25) is 0 Å². The molecule has 0 saturated carbocycles. The van der Waals surface area contributed by atoms with Crippen molar-refractivity contribution in [2.75, 3.05) is 0 Å². The normalized spacial score (nSPS) is 12.3. The van der Waals surface area contributed by atoms with E-state index in [2.05, 4.69) is 26.5 Å². The second-order valence-electron chi connectivity index (χ2n) is 4.09. The van der Waals surface area contributed by atoms with Crippen molar-refractivity contribution < 1.29 is 9.53 Å². The van der Waals surface area contributed by atoms with Crippen LogP contribution in [0.3, 0.4) is 0 Å². The summed E-state index contributed by atoms with van der Waals surface area (Å²) < 4.78 is 6.50. The third-order valence-electron chi connectivity index (χ3n) is 2.44. The molecule has 1 N–H and O–H groups in total. The number of hydrazone groups is 1. The number of hydrogen-bond acceptors (Lipinski definition) is 4. The minimum absolute atomic E-state index is 0.332. The zero-order chi connectivity index (χ0) is 15.2. The van der Waals surface area contributed by atoms with Crippen LogP contribution in [-0.4, -0.2) is 18.2 Å². The Labute approximate surface area is 139 Å². The van der Waals surface area contributed by atoms with Crippen LogP contribution in [0.1, 0.15) is 11.8 Å². The third-order valence-corrected chi connectivity index (χ3v) is 4.23. The Bertz CT molecular complexity index is 660. The molecule has 1 heterocycles. The molecule has 110 valence electrons. The Hall–Kier alpha value is -1.37. The van der Waals surface area contributed by atoms with Gasteiger partial charge in [0.1, 0.15) is 5.75 Å². The SMILES string of the molecule is CC(Oc1cccc(Cl)c1)C(=O)NN=Cc1ccc(Br)s1. The molecule has 0 radical (unpaired) electrons. The van der Waals surface area contributed by atoms with E-state index in [-0.39, 0.29) is 5.91 Å². The maximum atomic E-state index is 11.8. The van der Waals surface area contributed by atoms with Crippen LogP contribution in [-0.2, 0) is 4.79 Å². The molecule has 1 aromatic heterocycles. The predicted molar refractivity (Wildman–Crippen MR) is 89.3 cm³/mol. The molecule has 4 nitrogen and oxygen atoms in total. The van der Waals surface area contributed by atoms with E-state index >= 15 is 0 Å². The third kappa shape index (κ3) is 5.15. The van der Waals surface area contributed by atoms with E-state index in [1.165, 1.54) is 11.3 Å². The molecule has 1 unspecified atom stereocenters. The standard InChI is InChI=1S/C14H12BrClN2O2S/c1-9(20-11-4-2-3-10(16)7-11)14(19)18-17-8-12-5-6-13(15)21-12/h2-9H,1H3,(H,18,19). The molecule has 0 fully saturated rings. The maximum Gasteiger partial charge on any atom is 0.280 e. The van der Waals surface area contributed by atoms with Crippen LogP contribution < -0.4 is 10.2 Å². The number of ether oxygens (including phenoxy) is 1. The van der Waals surface area contributed by atoms with E-state index in [0.29, 0.717) is 10.8 Å². The molecule has 7 heteroatoms. The average Bonchev–Trinajstić information content (AvgIpc) is 2.84. The van der Waals surface area contributed by atoms with Crippen molar-refractivity contribution in [3.63, 3.8) is 0 Å². The number of carbonyl (C=O) groups excluding carboxylic acids is 1. The van der Waals surface area contributed by atoms with E-state index in [4.69, 9.17) is 16.3 Å². The van der Waals surface area contributed by atoms with E-state index < -0.39 is 6.10 Å². The molecule has 0 aliphatic carbocycles. The molecule has 0 saturated heterocycles. The minimum Gasteiger partial charge on any atom is -0.481 e. The quantitative estimate of drug-likeness (QED) is 0.621. The Morgan fingerprint density at radius 3 is 2.95 bits per heavy atom. The van der Waals surface area contributed by atoms with Gasteiger partial charge in [-0.1, -0.05) is 17.7 Å². The average molecular weight is 388 g/mol. The van der Waals surface area contributed by atoms with E-state index in [9.17, 15) is 4.79 Å². The van der Waals surface area contributed by atoms with Crippen LogP contribution >= 0.6 is 38.9 Å². The number of hydrogen-bond donors (Lipinski definition) is 1. The van der Waals surface area contributed by atoms with Gasteiger partial charge in [-0.25, -0.2) is 5.43 Å². The summed E-state index contributed by atoms with van der Waals surface area (Å²) in [6.45, 7) is 1.65. The lowest BCUT2D eigenvalue weighted by Gasteiger charge is -2.12. The lowest BCUT2D eigenvalue weighted by molar-refractivity contribution is -0.127. The second kappa shape index (κ2) is 7.59. The fraction of sp³-hybridized carbons (Fsp3) is 0.143. The monoisotopic (exact) mass is 386 g/mol. The summed E-state index contributed by atoms with van der Waals surface area (Å²) in [5.41, 5.74) is 2.44. The minimum atomic E-state index is -0.671. The first-order valence-corrected chi connectivity index (χ1v) is 8.04. The van der Waals surface area contributed by atoms with Crippen molar-refractivity contribution in [1.82, 2.24) is 5.43 Å².